The molecule has 0 bridgehead atoms. The number of aromatic nitrogens is 2. The quantitative estimate of drug-likeness (QED) is 0.481. The van der Waals surface area contributed by atoms with Crippen LogP contribution in [-0.4, -0.2) is 39.4 Å². The van der Waals surface area contributed by atoms with Crippen molar-refractivity contribution >= 4 is 35.1 Å². The van der Waals surface area contributed by atoms with E-state index in [1.165, 1.54) is 0 Å². The van der Waals surface area contributed by atoms with Crippen molar-refractivity contribution < 1.29 is 9.59 Å². The molecule has 0 atom stereocenters. The lowest BCUT2D eigenvalue weighted by molar-refractivity contribution is 0.0997. The summed E-state index contributed by atoms with van der Waals surface area (Å²) in [7, 11) is 0. The van der Waals surface area contributed by atoms with Gasteiger partial charge < -0.3 is 16.0 Å². The van der Waals surface area contributed by atoms with Crippen molar-refractivity contribution in [2.24, 2.45) is 5.73 Å². The molecule has 31 heavy (non-hydrogen) atoms. The van der Waals surface area contributed by atoms with E-state index in [-0.39, 0.29) is 12.6 Å². The molecule has 0 unspecified atom stereocenters. The van der Waals surface area contributed by atoms with E-state index < -0.39 is 5.91 Å². The molecule has 0 saturated heterocycles. The SMILES string of the molecule is [C-]#[N+]c1ccc(NC(=O)N2CCn3nc(-c4cccc(SC)c4)c(C(N)=O)c3C2)cc1. The van der Waals surface area contributed by atoms with Crippen molar-refractivity contribution in [2.75, 3.05) is 18.1 Å². The van der Waals surface area contributed by atoms with E-state index in [0.29, 0.717) is 41.4 Å². The van der Waals surface area contributed by atoms with Crippen LogP contribution in [0.2, 0.25) is 0 Å². The molecule has 3 aromatic rings. The lowest BCUT2D eigenvalue weighted by atomic mass is 10.0. The van der Waals surface area contributed by atoms with Gasteiger partial charge in [0.05, 0.1) is 30.9 Å². The van der Waals surface area contributed by atoms with E-state index >= 15 is 0 Å². The summed E-state index contributed by atoms with van der Waals surface area (Å²) in [6, 6.07) is 14.2. The summed E-state index contributed by atoms with van der Waals surface area (Å²) in [5.74, 6) is -0.567. The fraction of sp³-hybridized carbons (Fsp3) is 0.182. The summed E-state index contributed by atoms with van der Waals surface area (Å²) >= 11 is 1.61. The zero-order valence-electron chi connectivity index (χ0n) is 16.8. The minimum Gasteiger partial charge on any atom is -0.365 e. The molecule has 2 heterocycles. The minimum absolute atomic E-state index is 0.222. The first kappa shape index (κ1) is 20.5. The largest absolute Gasteiger partial charge is 0.365 e. The standard InChI is InChI=1S/C22H20N6O2S/c1-24-15-6-8-16(9-7-15)25-22(30)27-10-11-28-18(13-27)19(21(23)29)20(26-28)14-4-3-5-17(12-14)31-2/h3-9,12H,10-11,13H2,2H3,(H2,23,29)(H,25,30). The predicted molar refractivity (Wildman–Crippen MR) is 120 cm³/mol. The summed E-state index contributed by atoms with van der Waals surface area (Å²) in [4.78, 5) is 31.1. The molecule has 4 rings (SSSR count). The second kappa shape index (κ2) is 8.53. The number of rotatable bonds is 4. The van der Waals surface area contributed by atoms with Gasteiger partial charge in [-0.05, 0) is 30.5 Å². The number of thioether (sulfide) groups is 1. The Morgan fingerprint density at radius 1 is 1.19 bits per heavy atom. The second-order valence-corrected chi connectivity index (χ2v) is 7.88. The van der Waals surface area contributed by atoms with E-state index in [0.717, 1.165) is 10.5 Å². The first-order chi connectivity index (χ1) is 15.0. The fourth-order valence-electron chi connectivity index (χ4n) is 3.54. The molecule has 0 aliphatic carbocycles. The molecule has 0 saturated carbocycles. The van der Waals surface area contributed by atoms with Gasteiger partial charge in [-0.2, -0.15) is 5.10 Å². The number of amides is 3. The van der Waals surface area contributed by atoms with Crippen LogP contribution in [0.15, 0.2) is 53.4 Å². The molecule has 2 aromatic carbocycles. The summed E-state index contributed by atoms with van der Waals surface area (Å²) in [6.45, 7) is 8.14. The van der Waals surface area contributed by atoms with E-state index in [9.17, 15) is 9.59 Å². The topological polar surface area (TPSA) is 97.6 Å². The predicted octanol–water partition coefficient (Wildman–Crippen LogP) is 3.97. The number of carbonyl (C=O) groups excluding carboxylic acids is 2. The van der Waals surface area contributed by atoms with E-state index in [4.69, 9.17) is 12.3 Å². The summed E-state index contributed by atoms with van der Waals surface area (Å²) in [5.41, 5.74) is 9.15. The molecule has 0 spiro atoms. The molecule has 3 N–H and O–H groups in total. The Kier molecular flexibility index (Phi) is 5.64. The maximum Gasteiger partial charge on any atom is 0.322 e. The van der Waals surface area contributed by atoms with Gasteiger partial charge in [-0.15, -0.1) is 11.8 Å². The normalized spacial score (nSPS) is 12.7. The van der Waals surface area contributed by atoms with Crippen LogP contribution in [0.3, 0.4) is 0 Å². The highest BCUT2D eigenvalue weighted by molar-refractivity contribution is 7.98. The first-order valence-corrected chi connectivity index (χ1v) is 10.8. The van der Waals surface area contributed by atoms with Crippen molar-refractivity contribution in [1.82, 2.24) is 14.7 Å². The highest BCUT2D eigenvalue weighted by atomic mass is 32.2. The second-order valence-electron chi connectivity index (χ2n) is 7.00. The number of nitrogens with one attached hydrogen (secondary N) is 1. The molecule has 9 heteroatoms. The molecule has 1 aromatic heterocycles. The molecule has 0 radical (unpaired) electrons. The number of primary amides is 1. The van der Waals surface area contributed by atoms with Crippen LogP contribution in [0.5, 0.6) is 0 Å². The monoisotopic (exact) mass is 432 g/mol. The molecule has 3 amide bonds. The molecule has 8 nitrogen and oxygen atoms in total. The number of nitrogens with two attached hydrogens (primary N) is 1. The van der Waals surface area contributed by atoms with Crippen molar-refractivity contribution in [3.8, 4) is 11.3 Å². The average Bonchev–Trinajstić information content (AvgIpc) is 3.18. The van der Waals surface area contributed by atoms with E-state index in [2.05, 4.69) is 15.3 Å². The highest BCUT2D eigenvalue weighted by Crippen LogP contribution is 2.30. The number of fused-ring (bicyclic) bond motifs is 1. The van der Waals surface area contributed by atoms with Crippen LogP contribution in [0.4, 0.5) is 16.2 Å². The number of hydrogen-bond acceptors (Lipinski definition) is 4. The zero-order valence-corrected chi connectivity index (χ0v) is 17.6. The summed E-state index contributed by atoms with van der Waals surface area (Å²) in [5, 5.41) is 7.47. The van der Waals surface area contributed by atoms with Crippen molar-refractivity contribution in [3.05, 3.63) is 71.2 Å². The Balaban J connectivity index is 1.60. The third kappa shape index (κ3) is 4.11. The number of nitrogens with zero attached hydrogens (tertiary/aromatic N) is 4. The molecule has 156 valence electrons. The Labute approximate surface area is 183 Å². The van der Waals surface area contributed by atoms with Gasteiger partial charge in [0.1, 0.15) is 5.69 Å². The molecule has 1 aliphatic rings. The Morgan fingerprint density at radius 3 is 2.65 bits per heavy atom. The van der Waals surface area contributed by atoms with Gasteiger partial charge in [0, 0.05) is 22.7 Å². The average molecular weight is 433 g/mol. The Hall–Kier alpha value is -3.77. The van der Waals surface area contributed by atoms with Crippen LogP contribution < -0.4 is 11.1 Å². The van der Waals surface area contributed by atoms with Crippen LogP contribution in [0.1, 0.15) is 16.1 Å². The van der Waals surface area contributed by atoms with Gasteiger partial charge in [-0.3, -0.25) is 9.48 Å². The molecule has 1 aliphatic heterocycles. The van der Waals surface area contributed by atoms with Gasteiger partial charge in [0.25, 0.3) is 5.91 Å². The number of anilines is 1. The van der Waals surface area contributed by atoms with Crippen LogP contribution in [0, 0.1) is 6.57 Å². The van der Waals surface area contributed by atoms with Crippen molar-refractivity contribution in [3.63, 3.8) is 0 Å². The van der Waals surface area contributed by atoms with Crippen LogP contribution in [0.25, 0.3) is 16.1 Å². The van der Waals surface area contributed by atoms with Gasteiger partial charge >= 0.3 is 6.03 Å². The number of urea groups is 1. The molecule has 0 fully saturated rings. The summed E-state index contributed by atoms with van der Waals surface area (Å²) in [6.07, 6.45) is 1.98. The third-order valence-corrected chi connectivity index (χ3v) is 5.83. The van der Waals surface area contributed by atoms with Crippen molar-refractivity contribution in [2.45, 2.75) is 18.0 Å². The number of carbonyl (C=O) groups is 2. The molecular formula is C22H20N6O2S. The Bertz CT molecular complexity index is 1200. The first-order valence-electron chi connectivity index (χ1n) is 9.57. The van der Waals surface area contributed by atoms with Crippen molar-refractivity contribution in [1.29, 1.82) is 0 Å². The third-order valence-electron chi connectivity index (χ3n) is 5.10. The smallest absolute Gasteiger partial charge is 0.322 e. The Morgan fingerprint density at radius 2 is 1.97 bits per heavy atom. The lowest BCUT2D eigenvalue weighted by Crippen LogP contribution is -2.41. The van der Waals surface area contributed by atoms with Gasteiger partial charge in [0.2, 0.25) is 0 Å². The summed E-state index contributed by atoms with van der Waals surface area (Å²) < 4.78 is 1.76. The maximum atomic E-state index is 12.8. The zero-order chi connectivity index (χ0) is 22.0. The number of hydrogen-bond donors (Lipinski definition) is 2. The lowest BCUT2D eigenvalue weighted by Gasteiger charge is -2.28. The van der Waals surface area contributed by atoms with E-state index in [1.54, 1.807) is 45.6 Å². The fourth-order valence-corrected chi connectivity index (χ4v) is 4.00. The van der Waals surface area contributed by atoms with Gasteiger partial charge in [-0.25, -0.2) is 9.64 Å². The van der Waals surface area contributed by atoms with Gasteiger partial charge in [0.15, 0.2) is 5.69 Å². The minimum atomic E-state index is -0.567. The molecular weight excluding hydrogens is 412 g/mol. The maximum absolute atomic E-state index is 12.8. The van der Waals surface area contributed by atoms with Crippen LogP contribution in [-0.2, 0) is 13.1 Å². The van der Waals surface area contributed by atoms with Crippen LogP contribution >= 0.6 is 11.8 Å². The number of benzene rings is 2. The van der Waals surface area contributed by atoms with Gasteiger partial charge in [-0.1, -0.05) is 24.3 Å². The highest BCUT2D eigenvalue weighted by Gasteiger charge is 2.29. The van der Waals surface area contributed by atoms with E-state index in [1.807, 2.05) is 30.5 Å².